The first-order chi connectivity index (χ1) is 13.6. The van der Waals surface area contributed by atoms with Gasteiger partial charge in [-0.05, 0) is 54.2 Å². The summed E-state index contributed by atoms with van der Waals surface area (Å²) >= 11 is 6.35. The number of carbonyl (C=O) groups excluding carboxylic acids is 2. The molecule has 0 N–H and O–H groups in total. The maximum atomic E-state index is 13.4. The van der Waals surface area contributed by atoms with Crippen LogP contribution in [-0.2, 0) is 47.0 Å². The molecule has 157 valence electrons. The molecule has 0 aromatic heterocycles. The van der Waals surface area contributed by atoms with Crippen LogP contribution in [0.2, 0.25) is 5.02 Å². The smallest absolute Gasteiger partial charge is 0.253 e. The monoisotopic (exact) mass is 501 g/mol. The van der Waals surface area contributed by atoms with Gasteiger partial charge in [-0.3, -0.25) is 11.1 Å². The largest absolute Gasteiger partial charge is 0.542 e. The summed E-state index contributed by atoms with van der Waals surface area (Å²) in [6, 6.07) is 11.5. The second-order valence-corrected chi connectivity index (χ2v) is 9.27. The Kier molecular flexibility index (Phi) is 8.43. The number of rotatable bonds is 4. The minimum atomic E-state index is -0.897. The van der Waals surface area contributed by atoms with E-state index in [0.717, 1.165) is 27.9 Å². The Balaban J connectivity index is 0.00000320. The summed E-state index contributed by atoms with van der Waals surface area (Å²) < 4.78 is 6.30. The number of carbonyl (C=O) groups is 1. The Bertz CT molecular complexity index is 939. The minimum Gasteiger partial charge on any atom is -0.542 e. The van der Waals surface area contributed by atoms with Gasteiger partial charge in [-0.15, -0.1) is 6.42 Å². The van der Waals surface area contributed by atoms with Crippen LogP contribution in [0.5, 0.6) is 0 Å². The van der Waals surface area contributed by atoms with Crippen LogP contribution < -0.4 is 4.90 Å². The van der Waals surface area contributed by atoms with Crippen molar-refractivity contribution < 1.29 is 47.0 Å². The molecule has 0 unspecified atom stereocenters. The molecular formula is C24H27ClNO3Y-. The van der Waals surface area contributed by atoms with E-state index in [0.29, 0.717) is 11.6 Å². The fraction of sp³-hybridized carbons (Fsp3) is 0.417. The van der Waals surface area contributed by atoms with Gasteiger partial charge in [0.05, 0.1) is 0 Å². The van der Waals surface area contributed by atoms with Crippen LogP contribution in [0.3, 0.4) is 0 Å². The summed E-state index contributed by atoms with van der Waals surface area (Å²) in [5, 5.41) is 0.575. The van der Waals surface area contributed by atoms with E-state index in [2.05, 4.69) is 20.8 Å². The zero-order valence-electron chi connectivity index (χ0n) is 18.2. The molecule has 1 heterocycles. The zero-order valence-corrected chi connectivity index (χ0v) is 21.8. The quantitative estimate of drug-likeness (QED) is 0.533. The Morgan fingerprint density at radius 2 is 1.83 bits per heavy atom. The summed E-state index contributed by atoms with van der Waals surface area (Å²) in [4.78, 5) is 26.3. The molecule has 3 rings (SSSR count). The average molecular weight is 502 g/mol. The first kappa shape index (κ1) is 25.2. The van der Waals surface area contributed by atoms with Crippen LogP contribution in [0.4, 0.5) is 5.69 Å². The molecule has 1 radical (unpaired) electrons. The van der Waals surface area contributed by atoms with E-state index in [-0.39, 0.29) is 50.5 Å². The van der Waals surface area contributed by atoms with Crippen LogP contribution in [0.25, 0.3) is 0 Å². The molecule has 1 aliphatic heterocycles. The third-order valence-electron chi connectivity index (χ3n) is 5.23. The van der Waals surface area contributed by atoms with Gasteiger partial charge < -0.3 is 14.4 Å². The van der Waals surface area contributed by atoms with E-state index >= 15 is 0 Å². The number of hydrogen-bond acceptors (Lipinski definition) is 3. The first-order valence-electron chi connectivity index (χ1n) is 9.80. The van der Waals surface area contributed by atoms with Gasteiger partial charge in [0, 0.05) is 55.5 Å². The van der Waals surface area contributed by atoms with E-state index in [9.17, 15) is 9.59 Å². The van der Waals surface area contributed by atoms with Crippen molar-refractivity contribution in [2.75, 3.05) is 11.4 Å². The van der Waals surface area contributed by atoms with Crippen molar-refractivity contribution in [2.45, 2.75) is 53.2 Å². The fourth-order valence-corrected chi connectivity index (χ4v) is 3.90. The fourth-order valence-electron chi connectivity index (χ4n) is 3.72. The second-order valence-electron chi connectivity index (χ2n) is 8.83. The molecule has 0 spiro atoms. The van der Waals surface area contributed by atoms with Gasteiger partial charge in [-0.1, -0.05) is 50.6 Å². The van der Waals surface area contributed by atoms with Crippen molar-refractivity contribution in [1.29, 1.82) is 0 Å². The molecule has 1 amide bonds. The van der Waals surface area contributed by atoms with E-state index < -0.39 is 12.2 Å². The molecule has 2 atom stereocenters. The number of nitrogens with zero attached hydrogens (tertiary/aromatic N) is 1. The van der Waals surface area contributed by atoms with Gasteiger partial charge in [0.1, 0.15) is 12.2 Å². The van der Waals surface area contributed by atoms with Gasteiger partial charge in [-0.2, -0.15) is 0 Å². The molecule has 1 aliphatic rings. The molecule has 2 aromatic rings. The molecule has 0 bridgehead atoms. The summed E-state index contributed by atoms with van der Waals surface area (Å²) in [5.74, 6) is -0.223. The molecule has 6 heteroatoms. The molecule has 4 nitrogen and oxygen atoms in total. The third kappa shape index (κ3) is 5.40. The zero-order chi connectivity index (χ0) is 21.3. The number of benzene rings is 2. The van der Waals surface area contributed by atoms with Gasteiger partial charge in [0.15, 0.2) is 0 Å². The van der Waals surface area contributed by atoms with Gasteiger partial charge >= 0.3 is 0 Å². The SMILES string of the molecule is Cc1cccc([C@H]2O[C@H](C[C-]=O)C(=O)N(CC(C)(C)C)c3ccc(Cl)cc32)c1C.[Y]. The third-order valence-corrected chi connectivity index (χ3v) is 5.47. The van der Waals surface area contributed by atoms with E-state index in [1.165, 1.54) is 0 Å². The predicted molar refractivity (Wildman–Crippen MR) is 116 cm³/mol. The second kappa shape index (κ2) is 10.0. The number of hydrogen-bond donors (Lipinski definition) is 0. The molecule has 0 aliphatic carbocycles. The number of fused-ring (bicyclic) bond motifs is 1. The van der Waals surface area contributed by atoms with Crippen molar-refractivity contribution in [3.63, 3.8) is 0 Å². The van der Waals surface area contributed by atoms with Crippen molar-refractivity contribution in [1.82, 2.24) is 0 Å². The summed E-state index contributed by atoms with van der Waals surface area (Å²) in [5.41, 5.74) is 4.66. The standard InChI is InChI=1S/C24H27ClNO3.Y/c1-15-7-6-8-18(16(15)2)22-19-13-17(25)9-10-20(19)26(14-24(3,4)5)23(28)21(29-22)11-12-27;/h6-10,13,21-22H,11,14H2,1-5H3;/q-1;/t21-,22-;/m1./s1. The molecular weight excluding hydrogens is 475 g/mol. The topological polar surface area (TPSA) is 46.6 Å². The summed E-state index contributed by atoms with van der Waals surface area (Å²) in [6.07, 6.45) is 0.357. The Morgan fingerprint density at radius 1 is 1.13 bits per heavy atom. The van der Waals surface area contributed by atoms with Crippen LogP contribution >= 0.6 is 11.6 Å². The Hall–Kier alpha value is -1.07. The van der Waals surface area contributed by atoms with Crippen LogP contribution in [0.15, 0.2) is 36.4 Å². The van der Waals surface area contributed by atoms with Crippen LogP contribution in [0, 0.1) is 19.3 Å². The molecule has 0 saturated carbocycles. The van der Waals surface area contributed by atoms with Crippen LogP contribution in [-0.4, -0.2) is 24.8 Å². The van der Waals surface area contributed by atoms with Gasteiger partial charge in [0.25, 0.3) is 5.91 Å². The van der Waals surface area contributed by atoms with Crippen molar-refractivity contribution in [2.24, 2.45) is 5.41 Å². The predicted octanol–water partition coefficient (Wildman–Crippen LogP) is 5.32. The normalized spacial score (nSPS) is 19.0. The Morgan fingerprint density at radius 3 is 2.47 bits per heavy atom. The average Bonchev–Trinajstić information content (AvgIpc) is 2.74. The first-order valence-corrected chi connectivity index (χ1v) is 10.2. The van der Waals surface area contributed by atoms with Gasteiger partial charge in [0.2, 0.25) is 0 Å². The van der Waals surface area contributed by atoms with Crippen molar-refractivity contribution in [3.8, 4) is 0 Å². The van der Waals surface area contributed by atoms with Crippen molar-refractivity contribution >= 4 is 29.5 Å². The number of halogens is 1. The van der Waals surface area contributed by atoms with Crippen molar-refractivity contribution in [3.05, 3.63) is 63.7 Å². The van der Waals surface area contributed by atoms with E-state index in [1.54, 1.807) is 11.0 Å². The molecule has 0 fully saturated rings. The summed E-state index contributed by atoms with van der Waals surface area (Å²) in [7, 11) is 0. The van der Waals surface area contributed by atoms with E-state index in [1.807, 2.05) is 50.5 Å². The maximum Gasteiger partial charge on any atom is 0.253 e. The molecule has 2 aromatic carbocycles. The number of aryl methyl sites for hydroxylation is 1. The van der Waals surface area contributed by atoms with Gasteiger partial charge in [-0.25, -0.2) is 0 Å². The van der Waals surface area contributed by atoms with Crippen LogP contribution in [0.1, 0.15) is 55.5 Å². The van der Waals surface area contributed by atoms with E-state index in [4.69, 9.17) is 16.3 Å². The maximum absolute atomic E-state index is 13.4. The molecule has 30 heavy (non-hydrogen) atoms. The number of amides is 1. The number of ether oxygens (including phenoxy) is 1. The number of anilines is 1. The Labute approximate surface area is 209 Å². The molecule has 0 saturated heterocycles. The minimum absolute atomic E-state index is 0. The summed E-state index contributed by atoms with van der Waals surface area (Å²) in [6.45, 7) is 10.8.